The molecule has 1 aromatic carbocycles. The van der Waals surface area contributed by atoms with Gasteiger partial charge in [-0.05, 0) is 24.6 Å². The highest BCUT2D eigenvalue weighted by Gasteiger charge is 2.35. The Hall–Kier alpha value is -2.49. The maximum Gasteiger partial charge on any atom is 0.317 e. The second-order valence-corrected chi connectivity index (χ2v) is 9.34. The molecule has 2 atom stereocenters. The molecule has 2 aliphatic heterocycles. The molecule has 0 bridgehead atoms. The van der Waals surface area contributed by atoms with Crippen LogP contribution in [0.15, 0.2) is 24.4 Å². The molecule has 3 heterocycles. The normalized spacial score (nSPS) is 19.5. The van der Waals surface area contributed by atoms with E-state index in [0.717, 1.165) is 5.56 Å². The van der Waals surface area contributed by atoms with Crippen LogP contribution in [-0.2, 0) is 4.79 Å². The van der Waals surface area contributed by atoms with E-state index in [1.54, 1.807) is 30.3 Å². The fourth-order valence-corrected chi connectivity index (χ4v) is 4.61. The number of amides is 3. The van der Waals surface area contributed by atoms with Crippen molar-refractivity contribution in [1.82, 2.24) is 25.1 Å². The topological polar surface area (TPSA) is 93.7 Å². The van der Waals surface area contributed by atoms with E-state index in [1.807, 2.05) is 17.9 Å². The Labute approximate surface area is 207 Å². The van der Waals surface area contributed by atoms with Gasteiger partial charge in [0, 0.05) is 43.3 Å². The van der Waals surface area contributed by atoms with Crippen LogP contribution in [0.2, 0.25) is 15.1 Å². The number of anilines is 2. The lowest BCUT2D eigenvalue weighted by Gasteiger charge is -2.35. The molecular weight excluding hydrogens is 489 g/mol. The molecular formula is C21H24Cl3N7O2. The first-order chi connectivity index (χ1) is 15.7. The van der Waals surface area contributed by atoms with Gasteiger partial charge in [0.05, 0.1) is 18.8 Å². The van der Waals surface area contributed by atoms with Crippen molar-refractivity contribution >= 4 is 58.5 Å². The highest BCUT2D eigenvalue weighted by molar-refractivity contribution is 6.35. The molecule has 9 nitrogen and oxygen atoms in total. The van der Waals surface area contributed by atoms with Gasteiger partial charge in [0.15, 0.2) is 5.82 Å². The van der Waals surface area contributed by atoms with Gasteiger partial charge in [0.2, 0.25) is 11.9 Å². The first-order valence-corrected chi connectivity index (χ1v) is 11.7. The van der Waals surface area contributed by atoms with Gasteiger partial charge in [0.25, 0.3) is 0 Å². The molecule has 33 heavy (non-hydrogen) atoms. The van der Waals surface area contributed by atoms with Gasteiger partial charge in [-0.3, -0.25) is 4.79 Å². The number of likely N-dealkylation sites (N-methyl/N-ethyl adjacent to an activating group) is 1. The highest BCUT2D eigenvalue weighted by Crippen LogP contribution is 2.30. The molecule has 12 heteroatoms. The fourth-order valence-electron chi connectivity index (χ4n) is 3.90. The van der Waals surface area contributed by atoms with E-state index in [4.69, 9.17) is 34.8 Å². The summed E-state index contributed by atoms with van der Waals surface area (Å²) in [6.07, 6.45) is 1.56. The van der Waals surface area contributed by atoms with Crippen LogP contribution < -0.4 is 15.5 Å². The SMILES string of the molecule is C[C@@H](Nc1nc(N2CCN(C(=O)C3CN(C)C(=O)N3)CC2)ncc1Cl)c1ccc(Cl)cc1Cl. The van der Waals surface area contributed by atoms with Crippen molar-refractivity contribution in [2.75, 3.05) is 50.0 Å². The van der Waals surface area contributed by atoms with Crippen molar-refractivity contribution in [3.05, 3.63) is 45.0 Å². The summed E-state index contributed by atoms with van der Waals surface area (Å²) in [5.74, 6) is 0.952. The summed E-state index contributed by atoms with van der Waals surface area (Å²) < 4.78 is 0. The standard InChI is InChI=1S/C21H24Cl3N7O2/c1-12(14-4-3-13(22)9-15(14)23)26-18-16(24)10-25-20(28-18)31-7-5-30(6-8-31)19(32)17-11-29(2)21(33)27-17/h3-4,9-10,12,17H,5-8,11H2,1-2H3,(H,27,33)(H,25,26,28)/t12-,17?/m1/s1. The summed E-state index contributed by atoms with van der Waals surface area (Å²) in [6.45, 7) is 4.50. The van der Waals surface area contributed by atoms with Crippen LogP contribution in [0.25, 0.3) is 0 Å². The number of carbonyl (C=O) groups is 2. The Kier molecular flexibility index (Phi) is 7.02. The maximum atomic E-state index is 12.7. The van der Waals surface area contributed by atoms with Crippen molar-refractivity contribution < 1.29 is 9.59 Å². The predicted octanol–water partition coefficient (Wildman–Crippen LogP) is 3.28. The van der Waals surface area contributed by atoms with Gasteiger partial charge < -0.3 is 25.3 Å². The molecule has 1 aromatic heterocycles. The molecule has 4 rings (SSSR count). The Morgan fingerprint density at radius 2 is 1.91 bits per heavy atom. The molecule has 3 amide bonds. The molecule has 2 fully saturated rings. The number of nitrogens with one attached hydrogen (secondary N) is 2. The number of hydrogen-bond acceptors (Lipinski definition) is 6. The molecule has 0 saturated carbocycles. The summed E-state index contributed by atoms with van der Waals surface area (Å²) in [6, 6.07) is 4.44. The van der Waals surface area contributed by atoms with Gasteiger partial charge in [-0.15, -0.1) is 0 Å². The van der Waals surface area contributed by atoms with Crippen molar-refractivity contribution in [2.45, 2.75) is 19.0 Å². The number of piperazine rings is 1. The van der Waals surface area contributed by atoms with Crippen molar-refractivity contribution in [1.29, 1.82) is 0 Å². The summed E-state index contributed by atoms with van der Waals surface area (Å²) in [7, 11) is 1.67. The monoisotopic (exact) mass is 511 g/mol. The van der Waals surface area contributed by atoms with Crippen molar-refractivity contribution in [3.63, 3.8) is 0 Å². The van der Waals surface area contributed by atoms with Gasteiger partial charge >= 0.3 is 6.03 Å². The van der Waals surface area contributed by atoms with Crippen LogP contribution in [-0.4, -0.2) is 77.5 Å². The molecule has 2 aromatic rings. The third-order valence-electron chi connectivity index (χ3n) is 5.79. The summed E-state index contributed by atoms with van der Waals surface area (Å²) in [5, 5.41) is 7.52. The van der Waals surface area contributed by atoms with Gasteiger partial charge in [0.1, 0.15) is 11.1 Å². The quantitative estimate of drug-likeness (QED) is 0.639. The van der Waals surface area contributed by atoms with Crippen LogP contribution in [0.1, 0.15) is 18.5 Å². The number of nitrogens with zero attached hydrogens (tertiary/aromatic N) is 5. The van der Waals surface area contributed by atoms with Crippen LogP contribution in [0, 0.1) is 0 Å². The van der Waals surface area contributed by atoms with Crippen molar-refractivity contribution in [3.8, 4) is 0 Å². The molecule has 2 saturated heterocycles. The number of halogens is 3. The van der Waals surface area contributed by atoms with E-state index >= 15 is 0 Å². The molecule has 176 valence electrons. The van der Waals surface area contributed by atoms with Gasteiger partial charge in [-0.1, -0.05) is 40.9 Å². The number of hydrogen-bond donors (Lipinski definition) is 2. The number of urea groups is 1. The average molecular weight is 513 g/mol. The van der Waals surface area contributed by atoms with Crippen LogP contribution in [0.3, 0.4) is 0 Å². The zero-order valence-corrected chi connectivity index (χ0v) is 20.5. The summed E-state index contributed by atoms with van der Waals surface area (Å²) in [4.78, 5) is 38.6. The maximum absolute atomic E-state index is 12.7. The number of rotatable bonds is 5. The minimum Gasteiger partial charge on any atom is -0.362 e. The largest absolute Gasteiger partial charge is 0.362 e. The minimum atomic E-state index is -0.502. The molecule has 0 aliphatic carbocycles. The molecule has 2 N–H and O–H groups in total. The van der Waals surface area contributed by atoms with E-state index in [-0.39, 0.29) is 18.0 Å². The predicted molar refractivity (Wildman–Crippen MR) is 129 cm³/mol. The summed E-state index contributed by atoms with van der Waals surface area (Å²) in [5.41, 5.74) is 0.870. The molecule has 1 unspecified atom stereocenters. The number of carbonyl (C=O) groups excluding carboxylic acids is 2. The summed E-state index contributed by atoms with van der Waals surface area (Å²) >= 11 is 18.7. The Morgan fingerprint density at radius 1 is 1.18 bits per heavy atom. The third-order valence-corrected chi connectivity index (χ3v) is 6.63. The van der Waals surface area contributed by atoms with Crippen LogP contribution in [0.5, 0.6) is 0 Å². The number of benzene rings is 1. The van der Waals surface area contributed by atoms with E-state index in [2.05, 4.69) is 20.6 Å². The average Bonchev–Trinajstić information content (AvgIpc) is 3.13. The molecule has 0 spiro atoms. The second kappa shape index (κ2) is 9.79. The highest BCUT2D eigenvalue weighted by atomic mass is 35.5. The Balaban J connectivity index is 1.40. The van der Waals surface area contributed by atoms with E-state index in [9.17, 15) is 9.59 Å². The molecule has 0 radical (unpaired) electrons. The Bertz CT molecular complexity index is 1060. The fraction of sp³-hybridized carbons (Fsp3) is 0.429. The lowest BCUT2D eigenvalue weighted by molar-refractivity contribution is -0.133. The molecule has 2 aliphatic rings. The number of aromatic nitrogens is 2. The Morgan fingerprint density at radius 3 is 2.55 bits per heavy atom. The third kappa shape index (κ3) is 5.20. The first kappa shape index (κ1) is 23.7. The van der Waals surface area contributed by atoms with E-state index in [0.29, 0.717) is 59.6 Å². The van der Waals surface area contributed by atoms with E-state index in [1.165, 1.54) is 4.90 Å². The second-order valence-electron chi connectivity index (χ2n) is 8.09. The lowest BCUT2D eigenvalue weighted by atomic mass is 10.1. The van der Waals surface area contributed by atoms with Gasteiger partial charge in [-0.25, -0.2) is 9.78 Å². The van der Waals surface area contributed by atoms with Gasteiger partial charge in [-0.2, -0.15) is 4.98 Å². The minimum absolute atomic E-state index is 0.0691. The van der Waals surface area contributed by atoms with Crippen LogP contribution in [0.4, 0.5) is 16.6 Å². The van der Waals surface area contributed by atoms with E-state index < -0.39 is 6.04 Å². The lowest BCUT2D eigenvalue weighted by Crippen LogP contribution is -2.54. The smallest absolute Gasteiger partial charge is 0.317 e. The zero-order chi connectivity index (χ0) is 23.7. The first-order valence-electron chi connectivity index (χ1n) is 10.5. The van der Waals surface area contributed by atoms with Crippen molar-refractivity contribution in [2.24, 2.45) is 0 Å². The zero-order valence-electron chi connectivity index (χ0n) is 18.2. The van der Waals surface area contributed by atoms with Crippen LogP contribution >= 0.6 is 34.8 Å².